The van der Waals surface area contributed by atoms with Crippen molar-refractivity contribution in [2.45, 2.75) is 20.0 Å². The molecule has 142 valence electrons. The highest BCUT2D eigenvalue weighted by Gasteiger charge is 2.18. The highest BCUT2D eigenvalue weighted by molar-refractivity contribution is 6.32. The second-order valence-electron chi connectivity index (χ2n) is 5.39. The molecule has 3 rings (SSSR count). The Bertz CT molecular complexity index is 907. The minimum atomic E-state index is -0.616. The predicted octanol–water partition coefficient (Wildman–Crippen LogP) is 4.14. The first-order valence-corrected chi connectivity index (χ1v) is 8.54. The van der Waals surface area contributed by atoms with Crippen molar-refractivity contribution in [3.63, 3.8) is 0 Å². The molecule has 0 aliphatic carbocycles. The van der Waals surface area contributed by atoms with E-state index in [9.17, 15) is 4.79 Å². The Labute approximate surface area is 160 Å². The summed E-state index contributed by atoms with van der Waals surface area (Å²) in [5.74, 6) is 0.886. The molecule has 0 fully saturated rings. The fourth-order valence-electron chi connectivity index (χ4n) is 2.20. The summed E-state index contributed by atoms with van der Waals surface area (Å²) in [6.45, 7) is 2.26. The van der Waals surface area contributed by atoms with E-state index in [4.69, 9.17) is 34.6 Å². The molecule has 0 radical (unpaired) electrons. The van der Waals surface area contributed by atoms with Gasteiger partial charge in [0.05, 0.1) is 30.6 Å². The van der Waals surface area contributed by atoms with Crippen LogP contribution in [0.15, 0.2) is 39.4 Å². The molecule has 9 heteroatoms. The molecule has 0 aliphatic rings. The van der Waals surface area contributed by atoms with Gasteiger partial charge in [0, 0.05) is 0 Å². The van der Waals surface area contributed by atoms with Gasteiger partial charge in [0.2, 0.25) is 0 Å². The molecule has 0 spiro atoms. The maximum atomic E-state index is 12.3. The Morgan fingerprint density at radius 3 is 2.85 bits per heavy atom. The fraction of sp³-hybridized carbons (Fsp3) is 0.278. The molecule has 3 aromatic rings. The lowest BCUT2D eigenvalue weighted by Crippen LogP contribution is -2.07. The molecule has 27 heavy (non-hydrogen) atoms. The van der Waals surface area contributed by atoms with E-state index in [1.54, 1.807) is 12.1 Å². The summed E-state index contributed by atoms with van der Waals surface area (Å²) < 4.78 is 26.6. The zero-order valence-electron chi connectivity index (χ0n) is 14.7. The number of benzene rings is 1. The average Bonchev–Trinajstić information content (AvgIpc) is 3.35. The number of nitrogens with zero attached hydrogens (tertiary/aromatic N) is 2. The van der Waals surface area contributed by atoms with E-state index >= 15 is 0 Å². The molecule has 0 amide bonds. The van der Waals surface area contributed by atoms with E-state index < -0.39 is 5.97 Å². The molecular formula is C18H17ClN2O6. The van der Waals surface area contributed by atoms with Crippen molar-refractivity contribution in [2.24, 2.45) is 0 Å². The lowest BCUT2D eigenvalue weighted by molar-refractivity contribution is 0.0438. The van der Waals surface area contributed by atoms with Crippen molar-refractivity contribution in [2.75, 3.05) is 13.7 Å². The molecule has 0 N–H and O–H groups in total. The number of esters is 1. The summed E-state index contributed by atoms with van der Waals surface area (Å²) in [5.41, 5.74) is 0.214. The SMILES string of the molecule is CCCOc1c(Cl)cc(C(=O)OCc2nnc(-c3ccco3)o2)cc1OC. The van der Waals surface area contributed by atoms with Crippen molar-refractivity contribution in [3.05, 3.63) is 47.0 Å². The van der Waals surface area contributed by atoms with Crippen molar-refractivity contribution in [1.82, 2.24) is 10.2 Å². The van der Waals surface area contributed by atoms with Gasteiger partial charge in [-0.05, 0) is 30.7 Å². The normalized spacial score (nSPS) is 10.6. The first-order chi connectivity index (χ1) is 13.1. The van der Waals surface area contributed by atoms with E-state index in [1.807, 2.05) is 6.92 Å². The third-order valence-electron chi connectivity index (χ3n) is 3.44. The van der Waals surface area contributed by atoms with Gasteiger partial charge in [0.1, 0.15) is 0 Å². The van der Waals surface area contributed by atoms with Gasteiger partial charge in [-0.1, -0.05) is 18.5 Å². The molecule has 1 aromatic carbocycles. The highest BCUT2D eigenvalue weighted by atomic mass is 35.5. The topological polar surface area (TPSA) is 96.8 Å². The van der Waals surface area contributed by atoms with Gasteiger partial charge in [0.15, 0.2) is 23.9 Å². The second-order valence-corrected chi connectivity index (χ2v) is 5.80. The van der Waals surface area contributed by atoms with Gasteiger partial charge >= 0.3 is 5.97 Å². The lowest BCUT2D eigenvalue weighted by Gasteiger charge is -2.13. The molecule has 8 nitrogen and oxygen atoms in total. The number of carbonyl (C=O) groups excluding carboxylic acids is 1. The van der Waals surface area contributed by atoms with E-state index in [2.05, 4.69) is 10.2 Å². The minimum Gasteiger partial charge on any atom is -0.493 e. The van der Waals surface area contributed by atoms with Gasteiger partial charge in [-0.2, -0.15) is 0 Å². The van der Waals surface area contributed by atoms with Crippen LogP contribution in [0.1, 0.15) is 29.6 Å². The Hall–Kier alpha value is -3.00. The summed E-state index contributed by atoms with van der Waals surface area (Å²) >= 11 is 6.21. The summed E-state index contributed by atoms with van der Waals surface area (Å²) in [6, 6.07) is 6.34. The molecule has 0 saturated heterocycles. The van der Waals surface area contributed by atoms with Gasteiger partial charge in [-0.25, -0.2) is 4.79 Å². The van der Waals surface area contributed by atoms with Crippen LogP contribution in [0, 0.1) is 0 Å². The molecule has 0 saturated carbocycles. The van der Waals surface area contributed by atoms with E-state index in [0.29, 0.717) is 23.9 Å². The second kappa shape index (κ2) is 8.59. The maximum Gasteiger partial charge on any atom is 0.338 e. The zero-order valence-corrected chi connectivity index (χ0v) is 15.5. The number of furan rings is 1. The van der Waals surface area contributed by atoms with Crippen LogP contribution in [0.25, 0.3) is 11.7 Å². The third kappa shape index (κ3) is 4.40. The van der Waals surface area contributed by atoms with Crippen LogP contribution in [0.3, 0.4) is 0 Å². The molecule has 0 bridgehead atoms. The molecule has 2 aromatic heterocycles. The summed E-state index contributed by atoms with van der Waals surface area (Å²) in [5, 5.41) is 7.90. The number of hydrogen-bond donors (Lipinski definition) is 0. The summed E-state index contributed by atoms with van der Waals surface area (Å²) in [4.78, 5) is 12.3. The number of rotatable bonds is 8. The lowest BCUT2D eigenvalue weighted by atomic mass is 10.2. The van der Waals surface area contributed by atoms with Crippen molar-refractivity contribution >= 4 is 17.6 Å². The van der Waals surface area contributed by atoms with Gasteiger partial charge in [-0.3, -0.25) is 0 Å². The Balaban J connectivity index is 1.68. The standard InChI is InChI=1S/C18H17ClN2O6/c1-3-6-25-16-12(19)8-11(9-14(16)23-2)18(22)26-10-15-20-21-17(27-15)13-5-4-7-24-13/h4-5,7-9H,3,6,10H2,1-2H3. The van der Waals surface area contributed by atoms with Crippen molar-refractivity contribution < 1.29 is 27.8 Å². The third-order valence-corrected chi connectivity index (χ3v) is 3.72. The summed E-state index contributed by atoms with van der Waals surface area (Å²) in [6.07, 6.45) is 2.30. The van der Waals surface area contributed by atoms with Crippen LogP contribution in [0.2, 0.25) is 5.02 Å². The largest absolute Gasteiger partial charge is 0.493 e. The zero-order chi connectivity index (χ0) is 19.2. The van der Waals surface area contributed by atoms with Crippen LogP contribution >= 0.6 is 11.6 Å². The Kier molecular flexibility index (Phi) is 5.97. The number of carbonyl (C=O) groups is 1. The average molecular weight is 393 g/mol. The van der Waals surface area contributed by atoms with Crippen molar-refractivity contribution in [3.8, 4) is 23.1 Å². The quantitative estimate of drug-likeness (QED) is 0.527. The van der Waals surface area contributed by atoms with Crippen molar-refractivity contribution in [1.29, 1.82) is 0 Å². The van der Waals surface area contributed by atoms with Crippen LogP contribution in [-0.2, 0) is 11.3 Å². The van der Waals surface area contributed by atoms with E-state index in [1.165, 1.54) is 25.5 Å². The number of hydrogen-bond acceptors (Lipinski definition) is 8. The molecular weight excluding hydrogens is 376 g/mol. The fourth-order valence-corrected chi connectivity index (χ4v) is 2.47. The first-order valence-electron chi connectivity index (χ1n) is 8.16. The van der Waals surface area contributed by atoms with Gasteiger partial charge in [-0.15, -0.1) is 10.2 Å². The number of halogens is 1. The van der Waals surface area contributed by atoms with Gasteiger partial charge in [0.25, 0.3) is 11.8 Å². The van der Waals surface area contributed by atoms with Crippen LogP contribution in [-0.4, -0.2) is 29.9 Å². The smallest absolute Gasteiger partial charge is 0.338 e. The minimum absolute atomic E-state index is 0.135. The molecule has 0 unspecified atom stereocenters. The number of methoxy groups -OCH3 is 1. The number of ether oxygens (including phenoxy) is 3. The molecule has 0 aliphatic heterocycles. The van der Waals surface area contributed by atoms with Crippen LogP contribution in [0.5, 0.6) is 11.5 Å². The Morgan fingerprint density at radius 1 is 1.30 bits per heavy atom. The van der Waals surface area contributed by atoms with E-state index in [0.717, 1.165) is 6.42 Å². The first kappa shape index (κ1) is 18.8. The van der Waals surface area contributed by atoms with Crippen LogP contribution in [0.4, 0.5) is 0 Å². The Morgan fingerprint density at radius 2 is 2.15 bits per heavy atom. The van der Waals surface area contributed by atoms with Crippen LogP contribution < -0.4 is 9.47 Å². The van der Waals surface area contributed by atoms with Gasteiger partial charge < -0.3 is 23.0 Å². The monoisotopic (exact) mass is 392 g/mol. The maximum absolute atomic E-state index is 12.3. The molecule has 0 atom stereocenters. The number of aromatic nitrogens is 2. The summed E-state index contributed by atoms with van der Waals surface area (Å²) in [7, 11) is 1.47. The van der Waals surface area contributed by atoms with E-state index in [-0.39, 0.29) is 29.0 Å². The highest BCUT2D eigenvalue weighted by Crippen LogP contribution is 2.36. The molecule has 2 heterocycles. The predicted molar refractivity (Wildman–Crippen MR) is 94.9 cm³/mol.